The third-order valence-corrected chi connectivity index (χ3v) is 3.76. The summed E-state index contributed by atoms with van der Waals surface area (Å²) in [6.45, 7) is 7.04. The Balaban J connectivity index is 2.26. The molecule has 1 aliphatic rings. The second-order valence-electron chi connectivity index (χ2n) is 5.19. The van der Waals surface area contributed by atoms with Crippen LogP contribution in [-0.2, 0) is 9.53 Å². The number of nitrogens with two attached hydrogens (primary N) is 1. The Kier molecular flexibility index (Phi) is 4.50. The number of nitrogen functional groups attached to an aromatic ring is 1. The van der Waals surface area contributed by atoms with Crippen molar-refractivity contribution in [1.29, 1.82) is 0 Å². The molecule has 0 spiro atoms. The average Bonchev–Trinajstić information content (AvgIpc) is 3.06. The first-order valence-corrected chi connectivity index (χ1v) is 7.27. The molecular weight excluding hydrogens is 272 g/mol. The van der Waals surface area contributed by atoms with Crippen molar-refractivity contribution in [3.05, 3.63) is 11.5 Å². The van der Waals surface area contributed by atoms with Crippen molar-refractivity contribution in [2.75, 3.05) is 25.4 Å². The van der Waals surface area contributed by atoms with Gasteiger partial charge in [-0.05, 0) is 33.6 Å². The lowest BCUT2D eigenvalue weighted by atomic mass is 10.2. The minimum absolute atomic E-state index is 0.00936. The zero-order valence-electron chi connectivity index (χ0n) is 12.8. The predicted octanol–water partition coefficient (Wildman–Crippen LogP) is 1.13. The fourth-order valence-electron chi connectivity index (χ4n) is 2.71. The number of hydrogen-bond donors (Lipinski definition) is 1. The Labute approximate surface area is 124 Å². The number of ether oxygens (including phenoxy) is 1. The van der Waals surface area contributed by atoms with E-state index in [0.29, 0.717) is 5.82 Å². The van der Waals surface area contributed by atoms with E-state index >= 15 is 0 Å². The molecule has 0 radical (unpaired) electrons. The second kappa shape index (κ2) is 6.15. The number of imidazole rings is 1. The van der Waals surface area contributed by atoms with Crippen molar-refractivity contribution in [3.8, 4) is 0 Å². The second-order valence-corrected chi connectivity index (χ2v) is 5.19. The van der Waals surface area contributed by atoms with Crippen LogP contribution in [0.2, 0.25) is 0 Å². The van der Waals surface area contributed by atoms with Crippen molar-refractivity contribution in [3.63, 3.8) is 0 Å². The summed E-state index contributed by atoms with van der Waals surface area (Å²) in [5.74, 6) is 0.175. The number of nitrogens with zero attached hydrogens (tertiary/aromatic N) is 3. The molecule has 2 N–H and O–H groups in total. The number of aryl methyl sites for hydroxylation is 1. The molecule has 0 aliphatic carbocycles. The summed E-state index contributed by atoms with van der Waals surface area (Å²) in [5.41, 5.74) is 6.08. The number of anilines is 1. The van der Waals surface area contributed by atoms with Gasteiger partial charge in [-0.3, -0.25) is 4.79 Å². The average molecular weight is 294 g/mol. The molecule has 1 unspecified atom stereocenters. The Morgan fingerprint density at radius 3 is 2.57 bits per heavy atom. The smallest absolute Gasteiger partial charge is 0.360 e. The summed E-state index contributed by atoms with van der Waals surface area (Å²) < 4.78 is 6.53. The molecule has 0 aromatic carbocycles. The van der Waals surface area contributed by atoms with Crippen LogP contribution >= 0.6 is 0 Å². The summed E-state index contributed by atoms with van der Waals surface area (Å²) in [5, 5.41) is 0. The van der Waals surface area contributed by atoms with E-state index in [4.69, 9.17) is 10.5 Å². The Morgan fingerprint density at radius 2 is 2.00 bits per heavy atom. The van der Waals surface area contributed by atoms with Crippen molar-refractivity contribution in [2.24, 2.45) is 0 Å². The normalized spacial score (nSPS) is 16.0. The first-order valence-electron chi connectivity index (χ1n) is 7.27. The van der Waals surface area contributed by atoms with E-state index in [1.165, 1.54) is 0 Å². The van der Waals surface area contributed by atoms with Gasteiger partial charge in [0.25, 0.3) is 0 Å². The van der Waals surface area contributed by atoms with Crippen molar-refractivity contribution < 1.29 is 14.3 Å². The molecule has 1 saturated heterocycles. The van der Waals surface area contributed by atoms with E-state index in [0.717, 1.165) is 25.9 Å². The van der Waals surface area contributed by atoms with Crippen LogP contribution in [0.5, 0.6) is 0 Å². The number of hydrogen-bond acceptors (Lipinski definition) is 5. The van der Waals surface area contributed by atoms with Crippen LogP contribution in [0.15, 0.2) is 0 Å². The van der Waals surface area contributed by atoms with Crippen LogP contribution in [0, 0.1) is 6.92 Å². The molecule has 0 saturated carbocycles. The first-order chi connectivity index (χ1) is 9.97. The van der Waals surface area contributed by atoms with Gasteiger partial charge in [0.2, 0.25) is 5.91 Å². The molecular formula is C14H22N4O3. The number of esters is 1. The predicted molar refractivity (Wildman–Crippen MR) is 77.9 cm³/mol. The van der Waals surface area contributed by atoms with Gasteiger partial charge in [-0.2, -0.15) is 0 Å². The highest BCUT2D eigenvalue weighted by Gasteiger charge is 2.29. The molecule has 1 fully saturated rings. The minimum atomic E-state index is -0.558. The van der Waals surface area contributed by atoms with Crippen molar-refractivity contribution in [1.82, 2.24) is 14.5 Å². The van der Waals surface area contributed by atoms with Gasteiger partial charge in [-0.25, -0.2) is 9.78 Å². The lowest BCUT2D eigenvalue weighted by Gasteiger charge is -2.22. The highest BCUT2D eigenvalue weighted by molar-refractivity contribution is 5.93. The molecule has 1 amide bonds. The van der Waals surface area contributed by atoms with Gasteiger partial charge < -0.3 is 19.9 Å². The number of rotatable bonds is 4. The van der Waals surface area contributed by atoms with Gasteiger partial charge in [0, 0.05) is 13.1 Å². The summed E-state index contributed by atoms with van der Waals surface area (Å²) in [7, 11) is 0. The largest absolute Gasteiger partial charge is 0.461 e. The van der Waals surface area contributed by atoms with Crippen LogP contribution in [-0.4, -0.2) is 46.0 Å². The number of likely N-dealkylation sites (tertiary alicyclic amines) is 1. The van der Waals surface area contributed by atoms with Gasteiger partial charge >= 0.3 is 5.97 Å². The van der Waals surface area contributed by atoms with E-state index in [2.05, 4.69) is 4.98 Å². The van der Waals surface area contributed by atoms with Crippen LogP contribution in [0.25, 0.3) is 0 Å². The fraction of sp³-hybridized carbons (Fsp3) is 0.643. The van der Waals surface area contributed by atoms with Gasteiger partial charge in [-0.1, -0.05) is 0 Å². The molecule has 21 heavy (non-hydrogen) atoms. The number of carbonyl (C=O) groups excluding carboxylic acids is 2. The molecule has 1 atom stereocenters. The molecule has 2 rings (SSSR count). The van der Waals surface area contributed by atoms with E-state index in [-0.39, 0.29) is 24.0 Å². The maximum absolute atomic E-state index is 12.5. The number of amides is 1. The van der Waals surface area contributed by atoms with Crippen LogP contribution in [0.4, 0.5) is 5.82 Å². The Morgan fingerprint density at radius 1 is 1.38 bits per heavy atom. The molecule has 1 aliphatic heterocycles. The third kappa shape index (κ3) is 2.86. The highest BCUT2D eigenvalue weighted by atomic mass is 16.5. The van der Waals surface area contributed by atoms with Gasteiger partial charge in [0.1, 0.15) is 17.7 Å². The van der Waals surface area contributed by atoms with Gasteiger partial charge in [0.05, 0.1) is 6.61 Å². The zero-order valence-corrected chi connectivity index (χ0v) is 12.8. The van der Waals surface area contributed by atoms with Crippen molar-refractivity contribution in [2.45, 2.75) is 39.7 Å². The van der Waals surface area contributed by atoms with Gasteiger partial charge in [-0.15, -0.1) is 0 Å². The molecule has 2 heterocycles. The lowest BCUT2D eigenvalue weighted by molar-refractivity contribution is -0.133. The quantitative estimate of drug-likeness (QED) is 0.841. The Hall–Kier alpha value is -2.05. The summed E-state index contributed by atoms with van der Waals surface area (Å²) >= 11 is 0. The number of aromatic nitrogens is 2. The van der Waals surface area contributed by atoms with Crippen LogP contribution in [0.1, 0.15) is 49.0 Å². The third-order valence-electron chi connectivity index (χ3n) is 3.76. The number of carbonyl (C=O) groups is 2. The molecule has 1 aromatic rings. The zero-order chi connectivity index (χ0) is 15.6. The molecule has 1 aromatic heterocycles. The van der Waals surface area contributed by atoms with Crippen molar-refractivity contribution >= 4 is 17.7 Å². The van der Waals surface area contributed by atoms with Crippen LogP contribution < -0.4 is 5.73 Å². The minimum Gasteiger partial charge on any atom is -0.461 e. The topological polar surface area (TPSA) is 90.4 Å². The Bertz CT molecular complexity index is 547. The van der Waals surface area contributed by atoms with Gasteiger partial charge in [0.15, 0.2) is 5.69 Å². The van der Waals surface area contributed by atoms with Crippen LogP contribution in [0.3, 0.4) is 0 Å². The highest BCUT2D eigenvalue weighted by Crippen LogP contribution is 2.23. The maximum atomic E-state index is 12.5. The molecule has 0 bridgehead atoms. The monoisotopic (exact) mass is 294 g/mol. The summed E-state index contributed by atoms with van der Waals surface area (Å²) in [6, 6.07) is -0.473. The first kappa shape index (κ1) is 15.3. The standard InChI is InChI=1S/C14H22N4O3/c1-4-21-14(20)11-12(15)18(10(3)16-11)9(2)13(19)17-7-5-6-8-17/h9H,4-8,15H2,1-3H3. The summed E-state index contributed by atoms with van der Waals surface area (Å²) in [4.78, 5) is 30.2. The summed E-state index contributed by atoms with van der Waals surface area (Å²) in [6.07, 6.45) is 2.07. The van der Waals surface area contributed by atoms with E-state index in [9.17, 15) is 9.59 Å². The SMILES string of the molecule is CCOC(=O)c1nc(C)n(C(C)C(=O)N2CCCC2)c1N. The van der Waals surface area contributed by atoms with E-state index in [1.807, 2.05) is 4.90 Å². The van der Waals surface area contributed by atoms with E-state index in [1.54, 1.807) is 25.3 Å². The molecule has 116 valence electrons. The lowest BCUT2D eigenvalue weighted by Crippen LogP contribution is -2.34. The fourth-order valence-corrected chi connectivity index (χ4v) is 2.71. The van der Waals surface area contributed by atoms with E-state index < -0.39 is 12.0 Å². The molecule has 7 nitrogen and oxygen atoms in total. The molecule has 7 heteroatoms. The maximum Gasteiger partial charge on any atom is 0.360 e.